The molecule has 0 atom stereocenters. The van der Waals surface area contributed by atoms with Crippen molar-refractivity contribution in [2.45, 2.75) is 6.54 Å². The number of para-hydroxylation sites is 2. The van der Waals surface area contributed by atoms with E-state index in [9.17, 15) is 9.18 Å². The molecule has 132 valence electrons. The van der Waals surface area contributed by atoms with Gasteiger partial charge in [0.1, 0.15) is 23.1 Å². The van der Waals surface area contributed by atoms with Crippen molar-refractivity contribution in [2.75, 3.05) is 17.7 Å². The van der Waals surface area contributed by atoms with Gasteiger partial charge in [-0.05, 0) is 29.8 Å². The van der Waals surface area contributed by atoms with Crippen LogP contribution in [0.2, 0.25) is 0 Å². The highest BCUT2D eigenvalue weighted by atomic mass is 19.1. The van der Waals surface area contributed by atoms with Gasteiger partial charge in [-0.3, -0.25) is 4.79 Å². The van der Waals surface area contributed by atoms with E-state index < -0.39 is 0 Å². The monoisotopic (exact) mass is 352 g/mol. The minimum Gasteiger partial charge on any atom is -0.495 e. The lowest BCUT2D eigenvalue weighted by Crippen LogP contribution is -2.15. The lowest BCUT2D eigenvalue weighted by molar-refractivity contribution is 0.102. The molecule has 0 radical (unpaired) electrons. The molecule has 0 saturated heterocycles. The minimum atomic E-state index is -0.382. The maximum Gasteiger partial charge on any atom is 0.275 e. The second-order valence-corrected chi connectivity index (χ2v) is 5.42. The van der Waals surface area contributed by atoms with Crippen LogP contribution in [-0.4, -0.2) is 23.0 Å². The molecule has 1 heterocycles. The Labute approximate surface area is 150 Å². The third-order valence-electron chi connectivity index (χ3n) is 3.63. The van der Waals surface area contributed by atoms with Crippen LogP contribution in [0.25, 0.3) is 0 Å². The Morgan fingerprint density at radius 2 is 1.85 bits per heavy atom. The van der Waals surface area contributed by atoms with Gasteiger partial charge in [0.05, 0.1) is 25.2 Å². The highest BCUT2D eigenvalue weighted by molar-refractivity contribution is 6.03. The Hall–Kier alpha value is -3.48. The molecule has 26 heavy (non-hydrogen) atoms. The molecule has 0 saturated carbocycles. The van der Waals surface area contributed by atoms with E-state index in [4.69, 9.17) is 4.74 Å². The Morgan fingerprint density at radius 3 is 2.54 bits per heavy atom. The van der Waals surface area contributed by atoms with E-state index in [1.54, 1.807) is 30.3 Å². The zero-order valence-corrected chi connectivity index (χ0v) is 14.1. The van der Waals surface area contributed by atoms with E-state index in [1.807, 2.05) is 6.07 Å². The molecule has 2 N–H and O–H groups in total. The van der Waals surface area contributed by atoms with Crippen molar-refractivity contribution in [1.82, 2.24) is 9.97 Å². The normalized spacial score (nSPS) is 10.2. The quantitative estimate of drug-likeness (QED) is 0.710. The summed E-state index contributed by atoms with van der Waals surface area (Å²) in [4.78, 5) is 20.6. The highest BCUT2D eigenvalue weighted by Crippen LogP contribution is 2.23. The Morgan fingerprint density at radius 1 is 1.08 bits per heavy atom. The van der Waals surface area contributed by atoms with Gasteiger partial charge in [-0.1, -0.05) is 24.3 Å². The molecule has 3 rings (SSSR count). The third-order valence-corrected chi connectivity index (χ3v) is 3.63. The molecule has 6 nitrogen and oxygen atoms in total. The number of carbonyl (C=O) groups excluding carboxylic acids is 1. The van der Waals surface area contributed by atoms with Crippen molar-refractivity contribution in [1.29, 1.82) is 0 Å². The van der Waals surface area contributed by atoms with E-state index in [2.05, 4.69) is 20.6 Å². The predicted molar refractivity (Wildman–Crippen MR) is 96.7 cm³/mol. The van der Waals surface area contributed by atoms with E-state index in [0.29, 0.717) is 23.8 Å². The van der Waals surface area contributed by atoms with Gasteiger partial charge in [0, 0.05) is 6.54 Å². The number of hydrogen-bond donors (Lipinski definition) is 2. The number of ether oxygens (including phenoxy) is 1. The SMILES string of the molecule is COc1ccccc1NC(=O)c1cnc(NCc2ccc(F)cc2)cn1. The van der Waals surface area contributed by atoms with Gasteiger partial charge in [-0.15, -0.1) is 0 Å². The maximum atomic E-state index is 12.9. The lowest BCUT2D eigenvalue weighted by atomic mass is 10.2. The van der Waals surface area contributed by atoms with Gasteiger partial charge in [0.25, 0.3) is 5.91 Å². The van der Waals surface area contributed by atoms with E-state index in [-0.39, 0.29) is 17.4 Å². The highest BCUT2D eigenvalue weighted by Gasteiger charge is 2.11. The maximum absolute atomic E-state index is 12.9. The van der Waals surface area contributed by atoms with Gasteiger partial charge < -0.3 is 15.4 Å². The summed E-state index contributed by atoms with van der Waals surface area (Å²) in [6.45, 7) is 0.474. The number of carbonyl (C=O) groups is 1. The number of nitrogens with zero attached hydrogens (tertiary/aromatic N) is 2. The smallest absolute Gasteiger partial charge is 0.275 e. The molecule has 0 aliphatic heterocycles. The fourth-order valence-electron chi connectivity index (χ4n) is 2.27. The van der Waals surface area contributed by atoms with Crippen LogP contribution in [0.4, 0.5) is 15.9 Å². The van der Waals surface area contributed by atoms with Gasteiger partial charge in [-0.25, -0.2) is 14.4 Å². The first-order valence-corrected chi connectivity index (χ1v) is 7.90. The molecule has 7 heteroatoms. The Bertz CT molecular complexity index is 883. The van der Waals surface area contributed by atoms with Gasteiger partial charge in [-0.2, -0.15) is 0 Å². The van der Waals surface area contributed by atoms with Crippen molar-refractivity contribution in [3.63, 3.8) is 0 Å². The van der Waals surface area contributed by atoms with Crippen LogP contribution < -0.4 is 15.4 Å². The number of nitrogens with one attached hydrogen (secondary N) is 2. The number of anilines is 2. The average molecular weight is 352 g/mol. The van der Waals surface area contributed by atoms with Crippen LogP contribution in [-0.2, 0) is 6.54 Å². The number of benzene rings is 2. The van der Waals surface area contributed by atoms with Crippen LogP contribution in [0.15, 0.2) is 60.9 Å². The molecule has 1 amide bonds. The summed E-state index contributed by atoms with van der Waals surface area (Å²) in [7, 11) is 1.53. The Kier molecular flexibility index (Phi) is 5.38. The summed E-state index contributed by atoms with van der Waals surface area (Å²) in [6, 6.07) is 13.3. The van der Waals surface area contributed by atoms with Crippen molar-refractivity contribution >= 4 is 17.4 Å². The second-order valence-electron chi connectivity index (χ2n) is 5.42. The van der Waals surface area contributed by atoms with Gasteiger partial charge in [0.15, 0.2) is 0 Å². The molecule has 0 bridgehead atoms. The summed E-state index contributed by atoms with van der Waals surface area (Å²) in [5, 5.41) is 5.80. The summed E-state index contributed by atoms with van der Waals surface area (Å²) in [5.74, 6) is 0.417. The largest absolute Gasteiger partial charge is 0.495 e. The average Bonchev–Trinajstić information content (AvgIpc) is 2.68. The van der Waals surface area contributed by atoms with Crippen molar-refractivity contribution in [2.24, 2.45) is 0 Å². The fraction of sp³-hybridized carbons (Fsp3) is 0.105. The van der Waals surface area contributed by atoms with Crippen molar-refractivity contribution < 1.29 is 13.9 Å². The van der Waals surface area contributed by atoms with Crippen LogP contribution >= 0.6 is 0 Å². The summed E-state index contributed by atoms with van der Waals surface area (Å²) >= 11 is 0. The number of aromatic nitrogens is 2. The van der Waals surface area contributed by atoms with Gasteiger partial charge >= 0.3 is 0 Å². The number of rotatable bonds is 6. The number of methoxy groups -OCH3 is 1. The molecule has 0 unspecified atom stereocenters. The zero-order chi connectivity index (χ0) is 18.4. The standard InChI is InChI=1S/C19H17FN4O2/c1-26-17-5-3-2-4-15(17)24-19(25)16-11-23-18(12-21-16)22-10-13-6-8-14(20)9-7-13/h2-9,11-12H,10H2,1H3,(H,22,23)(H,24,25). The number of hydrogen-bond acceptors (Lipinski definition) is 5. The first-order valence-electron chi connectivity index (χ1n) is 7.90. The molecule has 0 aliphatic carbocycles. The fourth-order valence-corrected chi connectivity index (χ4v) is 2.27. The molecular formula is C19H17FN4O2. The van der Waals surface area contributed by atoms with Crippen LogP contribution in [0.3, 0.4) is 0 Å². The van der Waals surface area contributed by atoms with Crippen molar-refractivity contribution in [3.8, 4) is 5.75 Å². The minimum absolute atomic E-state index is 0.184. The van der Waals surface area contributed by atoms with E-state index in [1.165, 1.54) is 31.6 Å². The predicted octanol–water partition coefficient (Wildman–Crippen LogP) is 3.49. The second kappa shape index (κ2) is 8.06. The number of halogens is 1. The van der Waals surface area contributed by atoms with Crippen molar-refractivity contribution in [3.05, 3.63) is 78.0 Å². The molecule has 0 spiro atoms. The van der Waals surface area contributed by atoms with E-state index >= 15 is 0 Å². The molecule has 3 aromatic rings. The van der Waals surface area contributed by atoms with Crippen LogP contribution in [0, 0.1) is 5.82 Å². The van der Waals surface area contributed by atoms with Gasteiger partial charge in [0.2, 0.25) is 0 Å². The van der Waals surface area contributed by atoms with E-state index in [0.717, 1.165) is 5.56 Å². The lowest BCUT2D eigenvalue weighted by Gasteiger charge is -2.10. The summed E-state index contributed by atoms with van der Waals surface area (Å²) in [6.07, 6.45) is 2.86. The topological polar surface area (TPSA) is 76.1 Å². The summed E-state index contributed by atoms with van der Waals surface area (Å²) in [5.41, 5.74) is 1.65. The number of amides is 1. The van der Waals surface area contributed by atoms with Crippen LogP contribution in [0.1, 0.15) is 16.1 Å². The molecule has 0 aliphatic rings. The Balaban J connectivity index is 1.61. The zero-order valence-electron chi connectivity index (χ0n) is 14.1. The van der Waals surface area contributed by atoms with Crippen LogP contribution in [0.5, 0.6) is 5.75 Å². The molecular weight excluding hydrogens is 335 g/mol. The molecule has 0 fully saturated rings. The molecule has 2 aromatic carbocycles. The first kappa shape index (κ1) is 17.3. The third kappa shape index (κ3) is 4.32. The summed E-state index contributed by atoms with van der Waals surface area (Å²) < 4.78 is 18.1. The molecule has 1 aromatic heterocycles. The first-order chi connectivity index (χ1) is 12.7.